The molecule has 17 heteroatoms. The molecule has 0 heterocycles. The van der Waals surface area contributed by atoms with Crippen LogP contribution in [0, 0.1) is 0 Å². The van der Waals surface area contributed by atoms with E-state index in [1.54, 1.807) is 0 Å². The van der Waals surface area contributed by atoms with E-state index in [2.05, 4.69) is 0 Å². The Hall–Kier alpha value is -6.56. The Labute approximate surface area is 382 Å². The Morgan fingerprint density at radius 3 is 0.646 bits per heavy atom. The molecule has 0 saturated heterocycles. The maximum absolute atomic E-state index is 14.5. The van der Waals surface area contributed by atoms with Gasteiger partial charge in [-0.25, -0.2) is 0 Å². The third kappa shape index (κ3) is 14.7. The molecule has 0 radical (unpaired) electrons. The number of carbonyl (C=O) groups is 8. The first-order chi connectivity index (χ1) is 31.4. The van der Waals surface area contributed by atoms with E-state index in [4.69, 9.17) is 31.2 Å². The number of benzene rings is 4. The van der Waals surface area contributed by atoms with E-state index in [1.165, 1.54) is 97.1 Å². The van der Waals surface area contributed by atoms with Crippen LogP contribution in [0.2, 0.25) is 0 Å². The van der Waals surface area contributed by atoms with Crippen LogP contribution in [-0.4, -0.2) is 94.2 Å². The van der Waals surface area contributed by atoms with Gasteiger partial charge in [0, 0.05) is 0 Å². The molecule has 0 unspecified atom stereocenters. The molecule has 0 atom stereocenters. The summed E-state index contributed by atoms with van der Waals surface area (Å²) in [5.41, 5.74) is -3.13. The molecule has 65 heavy (non-hydrogen) atoms. The number of hydrogen-bond acceptors (Lipinski definition) is 16. The molecule has 344 valence electrons. The van der Waals surface area contributed by atoms with Crippen LogP contribution in [0.5, 0.6) is 0 Å². The van der Waals surface area contributed by atoms with Crippen molar-refractivity contribution in [2.75, 3.05) is 26.4 Å². The molecule has 4 aromatic rings. The van der Waals surface area contributed by atoms with Crippen LogP contribution in [-0.2, 0) is 31.2 Å². The van der Waals surface area contributed by atoms with Crippen molar-refractivity contribution in [3.63, 3.8) is 0 Å². The molecular formula is C48H52O16Sn. The summed E-state index contributed by atoms with van der Waals surface area (Å²) in [5, 5.41) is 0. The molecule has 0 spiro atoms. The van der Waals surface area contributed by atoms with Crippen molar-refractivity contribution >= 4 is 67.8 Å². The normalized spacial score (nSPS) is 10.8. The van der Waals surface area contributed by atoms with Gasteiger partial charge >= 0.3 is 384 Å². The van der Waals surface area contributed by atoms with Crippen molar-refractivity contribution < 1.29 is 69.6 Å². The minimum absolute atomic E-state index is 0.00951. The van der Waals surface area contributed by atoms with Crippen LogP contribution in [0.4, 0.5) is 0 Å². The summed E-state index contributed by atoms with van der Waals surface area (Å²) in [6.07, 6.45) is 4.79. The fourth-order valence-electron chi connectivity index (χ4n) is 5.70. The van der Waals surface area contributed by atoms with Crippen LogP contribution >= 0.6 is 0 Å². The minimum atomic E-state index is -7.29. The summed E-state index contributed by atoms with van der Waals surface area (Å²) >= 11 is -7.29. The number of rotatable bonds is 24. The fourth-order valence-corrected chi connectivity index (χ4v) is 10.3. The van der Waals surface area contributed by atoms with Gasteiger partial charge in [-0.3, -0.25) is 0 Å². The van der Waals surface area contributed by atoms with Gasteiger partial charge in [-0.2, -0.15) is 0 Å². The SMILES string of the molecule is CCCCOC(=O)c1ccccc1C(=O)[O][Sn]([O]C(=O)c1ccccc1C(=O)OCCCC)([O]C(=O)c1ccccc1C(=O)OCCCC)[O]C(=O)c1ccccc1C(=O)OCCCC. The first-order valence-corrected chi connectivity index (χ1v) is 26.0. The molecule has 0 amide bonds. The first kappa shape index (κ1) is 51.1. The van der Waals surface area contributed by atoms with Gasteiger partial charge in [-0.15, -0.1) is 0 Å². The molecule has 0 fully saturated rings. The van der Waals surface area contributed by atoms with Gasteiger partial charge < -0.3 is 0 Å². The second kappa shape index (κ2) is 26.3. The third-order valence-corrected chi connectivity index (χ3v) is 14.2. The van der Waals surface area contributed by atoms with Crippen molar-refractivity contribution in [3.8, 4) is 0 Å². The number of hydrogen-bond donors (Lipinski definition) is 0. The standard InChI is InChI=1S/4C12H14O4.Sn/c4*1-2-3-8-16-12(15)10-7-5-4-6-9(10)11(13)14;/h4*4-7H,2-3,8H2,1H3,(H,13,14);/q;;;;+4/p-4. The van der Waals surface area contributed by atoms with E-state index < -0.39 is 90.0 Å². The van der Waals surface area contributed by atoms with E-state index in [-0.39, 0.29) is 48.7 Å². The van der Waals surface area contributed by atoms with Crippen molar-refractivity contribution in [3.05, 3.63) is 142 Å². The Morgan fingerprint density at radius 2 is 0.477 bits per heavy atom. The predicted molar refractivity (Wildman–Crippen MR) is 234 cm³/mol. The number of ether oxygens (including phenoxy) is 4. The average Bonchev–Trinajstić information content (AvgIpc) is 3.31. The zero-order valence-corrected chi connectivity index (χ0v) is 39.6. The maximum atomic E-state index is 14.5. The Morgan fingerprint density at radius 1 is 0.308 bits per heavy atom. The van der Waals surface area contributed by atoms with Crippen molar-refractivity contribution in [1.29, 1.82) is 0 Å². The van der Waals surface area contributed by atoms with Gasteiger partial charge in [0.05, 0.1) is 0 Å². The van der Waals surface area contributed by atoms with E-state index >= 15 is 0 Å². The van der Waals surface area contributed by atoms with Crippen LogP contribution in [0.15, 0.2) is 97.1 Å². The molecule has 0 aromatic heterocycles. The summed E-state index contributed by atoms with van der Waals surface area (Å²) in [5.74, 6) is -9.60. The number of esters is 4. The fraction of sp³-hybridized carbons (Fsp3) is 0.333. The van der Waals surface area contributed by atoms with Gasteiger partial charge in [0.2, 0.25) is 0 Å². The monoisotopic (exact) mass is 1000 g/mol. The second-order valence-electron chi connectivity index (χ2n) is 14.2. The zero-order chi connectivity index (χ0) is 47.2. The molecular weight excluding hydrogens is 951 g/mol. The zero-order valence-electron chi connectivity index (χ0n) is 36.8. The molecule has 0 N–H and O–H groups in total. The summed E-state index contributed by atoms with van der Waals surface area (Å²) < 4.78 is 44.8. The molecule has 0 saturated carbocycles. The summed E-state index contributed by atoms with van der Waals surface area (Å²) in [6.45, 7) is 7.56. The van der Waals surface area contributed by atoms with Crippen molar-refractivity contribution in [2.45, 2.75) is 79.1 Å². The van der Waals surface area contributed by atoms with Crippen LogP contribution < -0.4 is 0 Å². The predicted octanol–water partition coefficient (Wildman–Crippen LogP) is 8.68. The first-order valence-electron chi connectivity index (χ1n) is 21.4. The van der Waals surface area contributed by atoms with Crippen LogP contribution in [0.3, 0.4) is 0 Å². The topological polar surface area (TPSA) is 210 Å². The van der Waals surface area contributed by atoms with Gasteiger partial charge in [-0.1, -0.05) is 0 Å². The Balaban J connectivity index is 1.94. The third-order valence-electron chi connectivity index (χ3n) is 9.26. The molecule has 0 aliphatic carbocycles. The van der Waals surface area contributed by atoms with E-state index in [0.29, 0.717) is 51.4 Å². The molecule has 16 nitrogen and oxygen atoms in total. The average molecular weight is 1000 g/mol. The summed E-state index contributed by atoms with van der Waals surface area (Å²) in [4.78, 5) is 111. The van der Waals surface area contributed by atoms with Gasteiger partial charge in [0.25, 0.3) is 0 Å². The Bertz CT molecular complexity index is 2000. The molecule has 4 aromatic carbocycles. The Kier molecular flexibility index (Phi) is 20.7. The summed E-state index contributed by atoms with van der Waals surface area (Å²) in [7, 11) is 0. The van der Waals surface area contributed by atoms with Gasteiger partial charge in [0.15, 0.2) is 0 Å². The van der Waals surface area contributed by atoms with Gasteiger partial charge in [0.1, 0.15) is 0 Å². The van der Waals surface area contributed by atoms with E-state index in [9.17, 15) is 38.4 Å². The molecule has 0 aliphatic rings. The van der Waals surface area contributed by atoms with Crippen molar-refractivity contribution in [1.82, 2.24) is 0 Å². The summed E-state index contributed by atoms with van der Waals surface area (Å²) in [6, 6.07) is 21.0. The van der Waals surface area contributed by atoms with Gasteiger partial charge in [-0.05, 0) is 0 Å². The second-order valence-corrected chi connectivity index (χ2v) is 19.4. The van der Waals surface area contributed by atoms with Crippen molar-refractivity contribution in [2.24, 2.45) is 0 Å². The number of unbranched alkanes of at least 4 members (excludes halogenated alkanes) is 4. The quantitative estimate of drug-likeness (QED) is 0.0278. The number of carbonyl (C=O) groups excluding carboxylic acids is 8. The van der Waals surface area contributed by atoms with E-state index in [0.717, 1.165) is 0 Å². The van der Waals surface area contributed by atoms with E-state index in [1.807, 2.05) is 27.7 Å². The molecule has 0 bridgehead atoms. The molecule has 0 aliphatic heterocycles. The van der Waals surface area contributed by atoms with Crippen LogP contribution in [0.1, 0.15) is 162 Å². The molecule has 4 rings (SSSR count). The van der Waals surface area contributed by atoms with Crippen LogP contribution in [0.25, 0.3) is 0 Å².